The molecule has 150 valence electrons. The molecule has 0 spiro atoms. The summed E-state index contributed by atoms with van der Waals surface area (Å²) in [4.78, 5) is 34.8. The van der Waals surface area contributed by atoms with Gasteiger partial charge in [0.2, 0.25) is 11.8 Å². The maximum atomic E-state index is 12.3. The molecule has 2 aromatic rings. The van der Waals surface area contributed by atoms with Crippen LogP contribution in [0.4, 0.5) is 4.79 Å². The van der Waals surface area contributed by atoms with Crippen molar-refractivity contribution in [3.05, 3.63) is 41.8 Å². The molecule has 2 aromatic heterocycles. The number of rotatable bonds is 6. The maximum Gasteiger partial charge on any atom is 0.317 e. The average molecular weight is 386 g/mol. The molecule has 1 saturated heterocycles. The van der Waals surface area contributed by atoms with E-state index in [4.69, 9.17) is 4.52 Å². The summed E-state index contributed by atoms with van der Waals surface area (Å²) in [6, 6.07) is 5.43. The number of likely N-dealkylation sites (tertiary alicyclic amines) is 1. The summed E-state index contributed by atoms with van der Waals surface area (Å²) in [5.74, 6) is 1.10. The van der Waals surface area contributed by atoms with Gasteiger partial charge in [0.05, 0.1) is 18.8 Å². The molecular formula is C19H26N6O3. The molecule has 9 nitrogen and oxygen atoms in total. The Labute approximate surface area is 163 Å². The van der Waals surface area contributed by atoms with Gasteiger partial charge in [0.15, 0.2) is 5.82 Å². The molecule has 0 radical (unpaired) electrons. The minimum atomic E-state index is -0.178. The zero-order valence-electron chi connectivity index (χ0n) is 16.2. The van der Waals surface area contributed by atoms with Crippen LogP contribution in [0.25, 0.3) is 0 Å². The van der Waals surface area contributed by atoms with Crippen molar-refractivity contribution >= 4 is 11.9 Å². The lowest BCUT2D eigenvalue weighted by molar-refractivity contribution is -0.126. The summed E-state index contributed by atoms with van der Waals surface area (Å²) in [6.07, 6.45) is 2.99. The van der Waals surface area contributed by atoms with Gasteiger partial charge >= 0.3 is 6.03 Å². The van der Waals surface area contributed by atoms with Crippen molar-refractivity contribution in [1.29, 1.82) is 0 Å². The number of hydrogen-bond acceptors (Lipinski definition) is 6. The van der Waals surface area contributed by atoms with E-state index in [1.807, 2.05) is 32.0 Å². The number of piperidine rings is 1. The van der Waals surface area contributed by atoms with Gasteiger partial charge in [0, 0.05) is 31.1 Å². The Morgan fingerprint density at radius 2 is 2.00 bits per heavy atom. The van der Waals surface area contributed by atoms with Crippen molar-refractivity contribution in [2.24, 2.45) is 5.92 Å². The molecule has 0 bridgehead atoms. The van der Waals surface area contributed by atoms with E-state index in [2.05, 4.69) is 25.8 Å². The first-order chi connectivity index (χ1) is 13.5. The fraction of sp³-hybridized carbons (Fsp3) is 0.526. The zero-order chi connectivity index (χ0) is 19.9. The van der Waals surface area contributed by atoms with Gasteiger partial charge in [0.25, 0.3) is 0 Å². The average Bonchev–Trinajstić information content (AvgIpc) is 3.20. The quantitative estimate of drug-likeness (QED) is 0.783. The summed E-state index contributed by atoms with van der Waals surface area (Å²) >= 11 is 0. The largest absolute Gasteiger partial charge is 0.350 e. The van der Waals surface area contributed by atoms with E-state index in [0.717, 1.165) is 5.69 Å². The highest BCUT2D eigenvalue weighted by atomic mass is 16.5. The molecule has 9 heteroatoms. The Balaban J connectivity index is 1.39. The zero-order valence-corrected chi connectivity index (χ0v) is 16.2. The molecule has 0 aliphatic carbocycles. The molecule has 1 aliphatic rings. The predicted molar refractivity (Wildman–Crippen MR) is 101 cm³/mol. The van der Waals surface area contributed by atoms with Crippen LogP contribution in [-0.2, 0) is 17.9 Å². The van der Waals surface area contributed by atoms with Crippen molar-refractivity contribution in [1.82, 2.24) is 30.7 Å². The summed E-state index contributed by atoms with van der Waals surface area (Å²) < 4.78 is 5.12. The number of pyridine rings is 1. The van der Waals surface area contributed by atoms with Crippen LogP contribution in [0.15, 0.2) is 28.9 Å². The third-order valence-corrected chi connectivity index (χ3v) is 4.70. The topological polar surface area (TPSA) is 113 Å². The van der Waals surface area contributed by atoms with Crippen molar-refractivity contribution in [3.63, 3.8) is 0 Å². The lowest BCUT2D eigenvalue weighted by Crippen LogP contribution is -2.46. The Morgan fingerprint density at radius 3 is 2.64 bits per heavy atom. The number of carbonyl (C=O) groups excluding carboxylic acids is 2. The first-order valence-electron chi connectivity index (χ1n) is 9.56. The van der Waals surface area contributed by atoms with E-state index in [1.165, 1.54) is 0 Å². The Bertz CT molecular complexity index is 784. The second kappa shape index (κ2) is 9.29. The molecule has 3 heterocycles. The summed E-state index contributed by atoms with van der Waals surface area (Å²) in [5, 5.41) is 9.59. The Morgan fingerprint density at radius 1 is 1.21 bits per heavy atom. The SMILES string of the molecule is CC(C)c1nc(CNC(=O)N2CCC(C(=O)NCc3ccccn3)CC2)no1. The molecular weight excluding hydrogens is 360 g/mol. The Kier molecular flexibility index (Phi) is 6.57. The van der Waals surface area contributed by atoms with Gasteiger partial charge in [-0.3, -0.25) is 9.78 Å². The van der Waals surface area contributed by atoms with E-state index in [-0.39, 0.29) is 30.3 Å². The second-order valence-corrected chi connectivity index (χ2v) is 7.16. The standard InChI is InChI=1S/C19H26N6O3/c1-13(2)18-23-16(24-28-18)12-22-19(27)25-9-6-14(7-10-25)17(26)21-11-15-5-3-4-8-20-15/h3-5,8,13-14H,6-7,9-12H2,1-2H3,(H,21,26)(H,22,27). The molecule has 1 fully saturated rings. The van der Waals surface area contributed by atoms with Gasteiger partial charge < -0.3 is 20.1 Å². The number of aromatic nitrogens is 3. The first-order valence-corrected chi connectivity index (χ1v) is 9.56. The minimum Gasteiger partial charge on any atom is -0.350 e. The summed E-state index contributed by atoms with van der Waals surface area (Å²) in [6.45, 7) is 5.65. The van der Waals surface area contributed by atoms with E-state index >= 15 is 0 Å². The highest BCUT2D eigenvalue weighted by Gasteiger charge is 2.27. The molecule has 0 atom stereocenters. The van der Waals surface area contributed by atoms with Crippen LogP contribution in [0.2, 0.25) is 0 Å². The van der Waals surface area contributed by atoms with Gasteiger partial charge in [0.1, 0.15) is 0 Å². The second-order valence-electron chi connectivity index (χ2n) is 7.16. The molecule has 3 rings (SSSR count). The normalized spacial score (nSPS) is 14.9. The number of carbonyl (C=O) groups is 2. The molecule has 0 unspecified atom stereocenters. The van der Waals surface area contributed by atoms with Crippen LogP contribution >= 0.6 is 0 Å². The van der Waals surface area contributed by atoms with Gasteiger partial charge in [-0.1, -0.05) is 25.1 Å². The first kappa shape index (κ1) is 19.8. The van der Waals surface area contributed by atoms with Crippen LogP contribution < -0.4 is 10.6 Å². The van der Waals surface area contributed by atoms with Gasteiger partial charge in [-0.25, -0.2) is 4.79 Å². The van der Waals surface area contributed by atoms with Crippen LogP contribution in [0.3, 0.4) is 0 Å². The van der Waals surface area contributed by atoms with Crippen molar-refractivity contribution in [2.75, 3.05) is 13.1 Å². The predicted octanol–water partition coefficient (Wildman–Crippen LogP) is 1.83. The van der Waals surface area contributed by atoms with Crippen molar-refractivity contribution in [2.45, 2.75) is 45.7 Å². The van der Waals surface area contributed by atoms with Crippen LogP contribution in [0.5, 0.6) is 0 Å². The fourth-order valence-corrected chi connectivity index (χ4v) is 3.01. The number of nitrogens with one attached hydrogen (secondary N) is 2. The van der Waals surface area contributed by atoms with E-state index in [0.29, 0.717) is 44.2 Å². The third kappa shape index (κ3) is 5.28. The van der Waals surface area contributed by atoms with Gasteiger partial charge in [-0.2, -0.15) is 4.98 Å². The minimum absolute atomic E-state index is 0.0127. The highest BCUT2D eigenvalue weighted by molar-refractivity contribution is 5.79. The van der Waals surface area contributed by atoms with Gasteiger partial charge in [-0.15, -0.1) is 0 Å². The maximum absolute atomic E-state index is 12.3. The van der Waals surface area contributed by atoms with Crippen LogP contribution in [-0.4, -0.2) is 45.1 Å². The van der Waals surface area contributed by atoms with Crippen molar-refractivity contribution < 1.29 is 14.1 Å². The molecule has 2 N–H and O–H groups in total. The Hall–Kier alpha value is -2.97. The molecule has 0 saturated carbocycles. The fourth-order valence-electron chi connectivity index (χ4n) is 3.01. The summed E-state index contributed by atoms with van der Waals surface area (Å²) in [5.41, 5.74) is 0.828. The van der Waals surface area contributed by atoms with Crippen molar-refractivity contribution in [3.8, 4) is 0 Å². The molecule has 28 heavy (non-hydrogen) atoms. The van der Waals surface area contributed by atoms with E-state index in [9.17, 15) is 9.59 Å². The van der Waals surface area contributed by atoms with Crippen LogP contribution in [0, 0.1) is 5.92 Å². The van der Waals surface area contributed by atoms with Crippen LogP contribution in [0.1, 0.15) is 50.0 Å². The number of urea groups is 1. The smallest absolute Gasteiger partial charge is 0.317 e. The molecule has 0 aromatic carbocycles. The summed E-state index contributed by atoms with van der Waals surface area (Å²) in [7, 11) is 0. The lowest BCUT2D eigenvalue weighted by atomic mass is 9.96. The lowest BCUT2D eigenvalue weighted by Gasteiger charge is -2.31. The van der Waals surface area contributed by atoms with E-state index in [1.54, 1.807) is 11.1 Å². The third-order valence-electron chi connectivity index (χ3n) is 4.70. The molecule has 1 aliphatic heterocycles. The number of nitrogens with zero attached hydrogens (tertiary/aromatic N) is 4. The van der Waals surface area contributed by atoms with E-state index < -0.39 is 0 Å². The number of hydrogen-bond donors (Lipinski definition) is 2. The number of amides is 3. The molecule has 3 amide bonds. The monoisotopic (exact) mass is 386 g/mol. The van der Waals surface area contributed by atoms with Gasteiger partial charge in [-0.05, 0) is 25.0 Å². The highest BCUT2D eigenvalue weighted by Crippen LogP contribution is 2.18.